The molecule has 0 radical (unpaired) electrons. The molecule has 9 nitrogen and oxygen atoms in total. The lowest BCUT2D eigenvalue weighted by Crippen LogP contribution is -2.32. The van der Waals surface area contributed by atoms with Gasteiger partial charge in [-0.25, -0.2) is 23.1 Å². The second-order valence-corrected chi connectivity index (χ2v) is 8.19. The third-order valence-electron chi connectivity index (χ3n) is 4.32. The van der Waals surface area contributed by atoms with Crippen molar-refractivity contribution in [3.05, 3.63) is 51.8 Å². The minimum atomic E-state index is -3.89. The molecule has 10 heteroatoms. The fourth-order valence-corrected chi connectivity index (χ4v) is 4.00. The molecule has 1 aromatic carbocycles. The van der Waals surface area contributed by atoms with Crippen molar-refractivity contribution < 1.29 is 13.3 Å². The first kappa shape index (κ1) is 19.2. The van der Waals surface area contributed by atoms with Gasteiger partial charge in [0.15, 0.2) is 0 Å². The molecular formula is C17H21N5O4S. The molecule has 27 heavy (non-hydrogen) atoms. The quantitative estimate of drug-likeness (QED) is 0.592. The Balaban J connectivity index is 1.76. The maximum absolute atomic E-state index is 12.5. The fourth-order valence-electron chi connectivity index (χ4n) is 2.96. The van der Waals surface area contributed by atoms with Crippen molar-refractivity contribution in [1.82, 2.24) is 14.7 Å². The summed E-state index contributed by atoms with van der Waals surface area (Å²) in [5.41, 5.74) is 1.04. The van der Waals surface area contributed by atoms with E-state index in [0.717, 1.165) is 37.7 Å². The van der Waals surface area contributed by atoms with E-state index in [2.05, 4.69) is 19.6 Å². The number of aromatic nitrogens is 2. The molecule has 3 rings (SSSR count). The monoisotopic (exact) mass is 391 g/mol. The van der Waals surface area contributed by atoms with Crippen LogP contribution in [0.3, 0.4) is 0 Å². The number of nitrogens with one attached hydrogen (secondary N) is 1. The lowest BCUT2D eigenvalue weighted by Gasteiger charge is -2.27. The molecule has 2 heterocycles. The van der Waals surface area contributed by atoms with Gasteiger partial charge in [0.2, 0.25) is 16.0 Å². The van der Waals surface area contributed by atoms with E-state index in [0.29, 0.717) is 11.6 Å². The van der Waals surface area contributed by atoms with Gasteiger partial charge in [-0.15, -0.1) is 0 Å². The molecular weight excluding hydrogens is 370 g/mol. The van der Waals surface area contributed by atoms with Crippen molar-refractivity contribution >= 4 is 21.7 Å². The SMILES string of the molecule is Cc1cc(CNS(=O)(=O)c2cccc([N+](=O)[O-])c2)nc(N2CCCCC2)n1. The van der Waals surface area contributed by atoms with Crippen molar-refractivity contribution in [2.24, 2.45) is 0 Å². The molecule has 144 valence electrons. The lowest BCUT2D eigenvalue weighted by molar-refractivity contribution is -0.385. The zero-order chi connectivity index (χ0) is 19.4. The van der Waals surface area contributed by atoms with Gasteiger partial charge in [-0.2, -0.15) is 0 Å². The zero-order valence-corrected chi connectivity index (χ0v) is 15.8. The number of hydrogen-bond donors (Lipinski definition) is 1. The number of aryl methyl sites for hydroxylation is 1. The third-order valence-corrected chi connectivity index (χ3v) is 5.72. The Morgan fingerprint density at radius 3 is 2.63 bits per heavy atom. The molecule has 1 fully saturated rings. The molecule has 0 aliphatic carbocycles. The highest BCUT2D eigenvalue weighted by Gasteiger charge is 2.19. The smallest absolute Gasteiger partial charge is 0.270 e. The number of sulfonamides is 1. The number of nitrogens with zero attached hydrogens (tertiary/aromatic N) is 4. The average Bonchev–Trinajstić information content (AvgIpc) is 2.67. The number of non-ortho nitro benzene ring substituents is 1. The topological polar surface area (TPSA) is 118 Å². The number of hydrogen-bond acceptors (Lipinski definition) is 7. The van der Waals surface area contributed by atoms with Crippen LogP contribution in [0.4, 0.5) is 11.6 Å². The van der Waals surface area contributed by atoms with Crippen LogP contribution < -0.4 is 9.62 Å². The average molecular weight is 391 g/mol. The van der Waals surface area contributed by atoms with Crippen LogP contribution in [0.25, 0.3) is 0 Å². The minimum absolute atomic E-state index is 0.0186. The first-order valence-corrected chi connectivity index (χ1v) is 10.2. The molecule has 0 bridgehead atoms. The highest BCUT2D eigenvalue weighted by molar-refractivity contribution is 7.89. The summed E-state index contributed by atoms with van der Waals surface area (Å²) < 4.78 is 27.4. The van der Waals surface area contributed by atoms with Crippen LogP contribution in [0.15, 0.2) is 35.2 Å². The van der Waals surface area contributed by atoms with Crippen molar-refractivity contribution in [2.45, 2.75) is 37.6 Å². The largest absolute Gasteiger partial charge is 0.341 e. The van der Waals surface area contributed by atoms with Gasteiger partial charge in [0, 0.05) is 30.9 Å². The van der Waals surface area contributed by atoms with Gasteiger partial charge in [-0.05, 0) is 38.3 Å². The maximum Gasteiger partial charge on any atom is 0.270 e. The van der Waals surface area contributed by atoms with E-state index in [-0.39, 0.29) is 17.1 Å². The molecule has 0 unspecified atom stereocenters. The third kappa shape index (κ3) is 4.77. The van der Waals surface area contributed by atoms with Crippen LogP contribution in [0.5, 0.6) is 0 Å². The van der Waals surface area contributed by atoms with Crippen molar-refractivity contribution in [3.8, 4) is 0 Å². The molecule has 0 spiro atoms. The summed E-state index contributed by atoms with van der Waals surface area (Å²) in [4.78, 5) is 21.1. The summed E-state index contributed by atoms with van der Waals surface area (Å²) in [5, 5.41) is 10.9. The summed E-state index contributed by atoms with van der Waals surface area (Å²) in [5.74, 6) is 0.610. The van der Waals surface area contributed by atoms with E-state index < -0.39 is 14.9 Å². The first-order valence-electron chi connectivity index (χ1n) is 8.69. The predicted octanol–water partition coefficient (Wildman–Crippen LogP) is 2.16. The summed E-state index contributed by atoms with van der Waals surface area (Å²) in [7, 11) is -3.89. The Morgan fingerprint density at radius 1 is 1.19 bits per heavy atom. The number of nitro benzene ring substituents is 1. The van der Waals surface area contributed by atoms with Crippen molar-refractivity contribution in [1.29, 1.82) is 0 Å². The van der Waals surface area contributed by atoms with E-state index in [1.54, 1.807) is 6.07 Å². The maximum atomic E-state index is 12.5. The standard InChI is InChI=1S/C17H21N5O4S/c1-13-10-14(20-17(19-13)21-8-3-2-4-9-21)12-18-27(25,26)16-7-5-6-15(11-16)22(23)24/h5-7,10-11,18H,2-4,8-9,12H2,1H3. The van der Waals surface area contributed by atoms with Gasteiger partial charge in [0.25, 0.3) is 5.69 Å². The predicted molar refractivity (Wildman–Crippen MR) is 100.0 cm³/mol. The molecule has 2 aromatic rings. The number of rotatable bonds is 6. The van der Waals surface area contributed by atoms with Gasteiger partial charge in [0.05, 0.1) is 22.1 Å². The Labute approximate surface area is 157 Å². The molecule has 1 aromatic heterocycles. The van der Waals surface area contributed by atoms with Gasteiger partial charge >= 0.3 is 0 Å². The summed E-state index contributed by atoms with van der Waals surface area (Å²) in [6, 6.07) is 6.67. The van der Waals surface area contributed by atoms with Crippen LogP contribution >= 0.6 is 0 Å². The van der Waals surface area contributed by atoms with Gasteiger partial charge < -0.3 is 4.90 Å². The molecule has 1 aliphatic rings. The van der Waals surface area contributed by atoms with Crippen molar-refractivity contribution in [3.63, 3.8) is 0 Å². The van der Waals surface area contributed by atoms with E-state index in [1.807, 2.05) is 6.92 Å². The van der Waals surface area contributed by atoms with Crippen molar-refractivity contribution in [2.75, 3.05) is 18.0 Å². The molecule has 1 N–H and O–H groups in total. The lowest BCUT2D eigenvalue weighted by atomic mass is 10.1. The zero-order valence-electron chi connectivity index (χ0n) is 15.0. The second kappa shape index (κ2) is 7.97. The number of piperidine rings is 1. The minimum Gasteiger partial charge on any atom is -0.341 e. The van der Waals surface area contributed by atoms with E-state index in [4.69, 9.17) is 0 Å². The Hall–Kier alpha value is -2.59. The molecule has 0 amide bonds. The van der Waals surface area contributed by atoms with Crippen LogP contribution in [0.1, 0.15) is 30.7 Å². The van der Waals surface area contributed by atoms with E-state index in [1.165, 1.54) is 24.6 Å². The first-order chi connectivity index (χ1) is 12.8. The Bertz CT molecular complexity index is 942. The second-order valence-electron chi connectivity index (χ2n) is 6.43. The van der Waals surface area contributed by atoms with Crippen LogP contribution in [-0.2, 0) is 16.6 Å². The number of benzene rings is 1. The van der Waals surface area contributed by atoms with E-state index in [9.17, 15) is 18.5 Å². The highest BCUT2D eigenvalue weighted by atomic mass is 32.2. The summed E-state index contributed by atoms with van der Waals surface area (Å²) in [6.07, 6.45) is 3.37. The highest BCUT2D eigenvalue weighted by Crippen LogP contribution is 2.19. The Morgan fingerprint density at radius 2 is 1.93 bits per heavy atom. The normalized spacial score (nSPS) is 14.9. The van der Waals surface area contributed by atoms with Gasteiger partial charge in [-0.1, -0.05) is 6.07 Å². The molecule has 0 atom stereocenters. The molecule has 1 aliphatic heterocycles. The Kier molecular flexibility index (Phi) is 5.66. The fraction of sp³-hybridized carbons (Fsp3) is 0.412. The van der Waals surface area contributed by atoms with Crippen LogP contribution in [0, 0.1) is 17.0 Å². The van der Waals surface area contributed by atoms with E-state index >= 15 is 0 Å². The molecule has 1 saturated heterocycles. The van der Waals surface area contributed by atoms with Gasteiger partial charge in [-0.3, -0.25) is 10.1 Å². The summed E-state index contributed by atoms with van der Waals surface area (Å²) in [6.45, 7) is 3.60. The van der Waals surface area contributed by atoms with Crippen LogP contribution in [0.2, 0.25) is 0 Å². The number of anilines is 1. The van der Waals surface area contributed by atoms with Crippen LogP contribution in [-0.4, -0.2) is 36.4 Å². The number of nitro groups is 1. The van der Waals surface area contributed by atoms with Gasteiger partial charge in [0.1, 0.15) is 0 Å². The summed E-state index contributed by atoms with van der Waals surface area (Å²) >= 11 is 0. The molecule has 0 saturated carbocycles.